The molecule has 0 spiro atoms. The number of allylic oxidation sites excluding steroid dienone is 1. The van der Waals surface area contributed by atoms with E-state index < -0.39 is 0 Å². The molecule has 2 nitrogen and oxygen atoms in total. The number of unbranched alkanes of at least 4 members (excludes halogenated alkanes) is 2. The summed E-state index contributed by atoms with van der Waals surface area (Å²) in [5.74, 6) is -0.288. The Morgan fingerprint density at radius 2 is 1.86 bits per heavy atom. The molecule has 1 aliphatic heterocycles. The molecule has 14 heavy (non-hydrogen) atoms. The van der Waals surface area contributed by atoms with E-state index in [2.05, 4.69) is 13.5 Å². The summed E-state index contributed by atoms with van der Waals surface area (Å²) in [6.07, 6.45) is 5.84. The SMILES string of the molecule is C=C(C)CCCCCC1(C)OCCO1. The topological polar surface area (TPSA) is 18.5 Å². The minimum atomic E-state index is -0.288. The minimum absolute atomic E-state index is 0.288. The summed E-state index contributed by atoms with van der Waals surface area (Å²) >= 11 is 0. The van der Waals surface area contributed by atoms with E-state index in [1.807, 2.05) is 6.92 Å². The van der Waals surface area contributed by atoms with Gasteiger partial charge in [0.2, 0.25) is 0 Å². The third kappa shape index (κ3) is 4.25. The molecular formula is C12H22O2. The van der Waals surface area contributed by atoms with Gasteiger partial charge in [-0.05, 0) is 33.1 Å². The van der Waals surface area contributed by atoms with Crippen LogP contribution in [0.1, 0.15) is 46.0 Å². The van der Waals surface area contributed by atoms with E-state index in [1.165, 1.54) is 24.8 Å². The lowest BCUT2D eigenvalue weighted by atomic mass is 10.1. The van der Waals surface area contributed by atoms with E-state index in [0.717, 1.165) is 26.1 Å². The van der Waals surface area contributed by atoms with Gasteiger partial charge in [-0.3, -0.25) is 0 Å². The maximum atomic E-state index is 5.53. The summed E-state index contributed by atoms with van der Waals surface area (Å²) in [7, 11) is 0. The molecule has 0 aromatic heterocycles. The Kier molecular flexibility index (Phi) is 4.63. The van der Waals surface area contributed by atoms with Crippen LogP contribution in [-0.4, -0.2) is 19.0 Å². The second-order valence-electron chi connectivity index (χ2n) is 4.35. The molecule has 1 fully saturated rings. The van der Waals surface area contributed by atoms with Crippen LogP contribution in [0.4, 0.5) is 0 Å². The van der Waals surface area contributed by atoms with Gasteiger partial charge in [0.1, 0.15) is 0 Å². The van der Waals surface area contributed by atoms with Crippen LogP contribution in [0.5, 0.6) is 0 Å². The van der Waals surface area contributed by atoms with Crippen molar-refractivity contribution in [3.8, 4) is 0 Å². The van der Waals surface area contributed by atoms with Gasteiger partial charge >= 0.3 is 0 Å². The van der Waals surface area contributed by atoms with Crippen molar-refractivity contribution in [3.63, 3.8) is 0 Å². The van der Waals surface area contributed by atoms with Crippen LogP contribution in [0, 0.1) is 0 Å². The molecular weight excluding hydrogens is 176 g/mol. The van der Waals surface area contributed by atoms with Crippen LogP contribution in [0.3, 0.4) is 0 Å². The van der Waals surface area contributed by atoms with Gasteiger partial charge in [0, 0.05) is 6.42 Å². The Bertz CT molecular complexity index is 181. The first-order valence-electron chi connectivity index (χ1n) is 5.55. The fourth-order valence-electron chi connectivity index (χ4n) is 1.75. The third-order valence-corrected chi connectivity index (χ3v) is 2.63. The summed E-state index contributed by atoms with van der Waals surface area (Å²) in [5, 5.41) is 0. The summed E-state index contributed by atoms with van der Waals surface area (Å²) in [4.78, 5) is 0. The van der Waals surface area contributed by atoms with Gasteiger partial charge < -0.3 is 9.47 Å². The highest BCUT2D eigenvalue weighted by molar-refractivity contribution is 4.87. The normalized spacial score (nSPS) is 19.9. The zero-order chi connectivity index (χ0) is 10.4. The molecule has 0 aromatic rings. The van der Waals surface area contributed by atoms with E-state index >= 15 is 0 Å². The molecule has 0 bridgehead atoms. The van der Waals surface area contributed by atoms with Crippen LogP contribution in [-0.2, 0) is 9.47 Å². The summed E-state index contributed by atoms with van der Waals surface area (Å²) in [6, 6.07) is 0. The van der Waals surface area contributed by atoms with Crippen molar-refractivity contribution in [2.75, 3.05) is 13.2 Å². The van der Waals surface area contributed by atoms with Gasteiger partial charge in [-0.15, -0.1) is 6.58 Å². The van der Waals surface area contributed by atoms with Gasteiger partial charge in [0.05, 0.1) is 13.2 Å². The van der Waals surface area contributed by atoms with Gasteiger partial charge in [-0.25, -0.2) is 0 Å². The molecule has 1 rings (SSSR count). The van der Waals surface area contributed by atoms with Crippen molar-refractivity contribution >= 4 is 0 Å². The Labute approximate surface area is 87.3 Å². The van der Waals surface area contributed by atoms with Crippen LogP contribution >= 0.6 is 0 Å². The lowest BCUT2D eigenvalue weighted by Gasteiger charge is -2.21. The highest BCUT2D eigenvalue weighted by atomic mass is 16.7. The molecule has 2 heteroatoms. The second-order valence-corrected chi connectivity index (χ2v) is 4.35. The van der Waals surface area contributed by atoms with E-state index in [4.69, 9.17) is 9.47 Å². The average Bonchev–Trinajstić information content (AvgIpc) is 2.51. The molecule has 0 amide bonds. The smallest absolute Gasteiger partial charge is 0.165 e. The Hall–Kier alpha value is -0.340. The van der Waals surface area contributed by atoms with Crippen molar-refractivity contribution in [1.29, 1.82) is 0 Å². The van der Waals surface area contributed by atoms with Gasteiger partial charge in [-0.1, -0.05) is 12.0 Å². The first kappa shape index (κ1) is 11.7. The standard InChI is InChI=1S/C12H22O2/c1-11(2)7-5-4-6-8-12(3)13-9-10-14-12/h1,4-10H2,2-3H3. The van der Waals surface area contributed by atoms with Crippen molar-refractivity contribution in [2.24, 2.45) is 0 Å². The predicted molar refractivity (Wildman–Crippen MR) is 58.2 cm³/mol. The second kappa shape index (κ2) is 5.52. The molecule has 1 heterocycles. The summed E-state index contributed by atoms with van der Waals surface area (Å²) in [6.45, 7) is 9.53. The zero-order valence-electron chi connectivity index (χ0n) is 9.47. The van der Waals surface area contributed by atoms with E-state index in [-0.39, 0.29) is 5.79 Å². The van der Waals surface area contributed by atoms with Crippen LogP contribution in [0.25, 0.3) is 0 Å². The molecule has 0 aliphatic carbocycles. The summed E-state index contributed by atoms with van der Waals surface area (Å²) in [5.41, 5.74) is 1.28. The highest BCUT2D eigenvalue weighted by Crippen LogP contribution is 2.25. The number of hydrogen-bond acceptors (Lipinski definition) is 2. The molecule has 0 saturated carbocycles. The number of hydrogen-bond donors (Lipinski definition) is 0. The van der Waals surface area contributed by atoms with E-state index in [1.54, 1.807) is 0 Å². The Morgan fingerprint density at radius 3 is 2.43 bits per heavy atom. The maximum Gasteiger partial charge on any atom is 0.165 e. The fraction of sp³-hybridized carbons (Fsp3) is 0.833. The first-order chi connectivity index (χ1) is 6.62. The first-order valence-corrected chi connectivity index (χ1v) is 5.55. The van der Waals surface area contributed by atoms with Crippen LogP contribution in [0.15, 0.2) is 12.2 Å². The molecule has 82 valence electrons. The minimum Gasteiger partial charge on any atom is -0.348 e. The lowest BCUT2D eigenvalue weighted by Crippen LogP contribution is -2.24. The van der Waals surface area contributed by atoms with Crippen LogP contribution in [0.2, 0.25) is 0 Å². The van der Waals surface area contributed by atoms with Crippen molar-refractivity contribution in [2.45, 2.75) is 51.7 Å². The zero-order valence-corrected chi connectivity index (χ0v) is 9.47. The predicted octanol–water partition coefficient (Wildman–Crippen LogP) is 3.28. The monoisotopic (exact) mass is 198 g/mol. The third-order valence-electron chi connectivity index (χ3n) is 2.63. The number of ether oxygens (including phenoxy) is 2. The van der Waals surface area contributed by atoms with E-state index in [9.17, 15) is 0 Å². The maximum absolute atomic E-state index is 5.53. The largest absolute Gasteiger partial charge is 0.348 e. The van der Waals surface area contributed by atoms with Crippen LogP contribution < -0.4 is 0 Å². The number of rotatable bonds is 6. The van der Waals surface area contributed by atoms with Gasteiger partial charge in [0.25, 0.3) is 0 Å². The highest BCUT2D eigenvalue weighted by Gasteiger charge is 2.29. The van der Waals surface area contributed by atoms with E-state index in [0.29, 0.717) is 0 Å². The molecule has 0 aromatic carbocycles. The molecule has 1 saturated heterocycles. The molecule has 0 unspecified atom stereocenters. The van der Waals surface area contributed by atoms with Crippen molar-refractivity contribution in [1.82, 2.24) is 0 Å². The average molecular weight is 198 g/mol. The summed E-state index contributed by atoms with van der Waals surface area (Å²) < 4.78 is 11.1. The lowest BCUT2D eigenvalue weighted by molar-refractivity contribution is -0.147. The van der Waals surface area contributed by atoms with Gasteiger partial charge in [0.15, 0.2) is 5.79 Å². The molecule has 0 radical (unpaired) electrons. The fourth-order valence-corrected chi connectivity index (χ4v) is 1.75. The molecule has 0 N–H and O–H groups in total. The molecule has 0 atom stereocenters. The Morgan fingerprint density at radius 1 is 1.21 bits per heavy atom. The molecule has 1 aliphatic rings. The quantitative estimate of drug-likeness (QED) is 0.481. The Balaban J connectivity index is 2.00. The van der Waals surface area contributed by atoms with Crippen molar-refractivity contribution < 1.29 is 9.47 Å². The van der Waals surface area contributed by atoms with Gasteiger partial charge in [-0.2, -0.15) is 0 Å². The van der Waals surface area contributed by atoms with Crippen molar-refractivity contribution in [3.05, 3.63) is 12.2 Å².